The van der Waals surface area contributed by atoms with Gasteiger partial charge in [-0.3, -0.25) is 0 Å². The van der Waals surface area contributed by atoms with Crippen LogP contribution in [-0.2, 0) is 23.1 Å². The molecule has 0 aromatic carbocycles. The fraction of sp³-hybridized carbons (Fsp3) is 0.600. The Labute approximate surface area is 89.9 Å². The Morgan fingerprint density at radius 3 is 2.53 bits per heavy atom. The number of carbonyl (C=O) groups excluding carboxylic acids is 1. The van der Waals surface area contributed by atoms with Gasteiger partial charge in [0.05, 0.1) is 26.2 Å². The lowest BCUT2D eigenvalue weighted by atomic mass is 10.5. The van der Waals surface area contributed by atoms with Crippen molar-refractivity contribution in [3.8, 4) is 0 Å². The number of aromatic nitrogens is 2. The van der Waals surface area contributed by atoms with E-state index in [2.05, 4.69) is 39.5 Å². The Kier molecular flexibility index (Phi) is 7.27. The summed E-state index contributed by atoms with van der Waals surface area (Å²) >= 11 is 0. The number of rotatable bonds is 4. The number of aryl methyl sites for hydroxylation is 2. The van der Waals surface area contributed by atoms with Crippen LogP contribution < -0.4 is 9.67 Å². The highest BCUT2D eigenvalue weighted by Crippen LogP contribution is 1.85. The van der Waals surface area contributed by atoms with Gasteiger partial charge in [-0.1, -0.05) is 6.92 Å². The Bertz CT molecular complexity index is 284. The number of carbonyl (C=O) groups is 1. The van der Waals surface area contributed by atoms with Gasteiger partial charge in [0.1, 0.15) is 12.4 Å². The first kappa shape index (κ1) is 13.6. The SMILES string of the molecule is CCCn1cc[n+](C)c1.COCC(=O)[O-]. The van der Waals surface area contributed by atoms with Gasteiger partial charge in [0.2, 0.25) is 6.33 Å². The zero-order valence-electron chi connectivity index (χ0n) is 9.47. The van der Waals surface area contributed by atoms with E-state index in [9.17, 15) is 9.90 Å². The molecule has 0 radical (unpaired) electrons. The second kappa shape index (κ2) is 7.99. The van der Waals surface area contributed by atoms with E-state index in [4.69, 9.17) is 0 Å². The minimum absolute atomic E-state index is 0.319. The maximum Gasteiger partial charge on any atom is 0.243 e. The van der Waals surface area contributed by atoms with Crippen molar-refractivity contribution in [3.63, 3.8) is 0 Å². The molecule has 0 bridgehead atoms. The molecule has 0 N–H and O–H groups in total. The topological polar surface area (TPSA) is 58.2 Å². The molecule has 1 aromatic heterocycles. The number of carboxylic acids is 1. The number of hydrogen-bond acceptors (Lipinski definition) is 3. The van der Waals surface area contributed by atoms with Gasteiger partial charge in [0, 0.05) is 7.11 Å². The fourth-order valence-corrected chi connectivity index (χ4v) is 1.01. The van der Waals surface area contributed by atoms with Gasteiger partial charge < -0.3 is 14.6 Å². The van der Waals surface area contributed by atoms with E-state index >= 15 is 0 Å². The van der Waals surface area contributed by atoms with E-state index in [0.717, 1.165) is 6.54 Å². The van der Waals surface area contributed by atoms with Crippen molar-refractivity contribution in [2.45, 2.75) is 19.9 Å². The van der Waals surface area contributed by atoms with E-state index in [0.29, 0.717) is 0 Å². The van der Waals surface area contributed by atoms with Crippen LogP contribution in [0.5, 0.6) is 0 Å². The summed E-state index contributed by atoms with van der Waals surface area (Å²) < 4.78 is 8.37. The van der Waals surface area contributed by atoms with Gasteiger partial charge >= 0.3 is 0 Å². The van der Waals surface area contributed by atoms with Gasteiger partial charge in [-0.15, -0.1) is 0 Å². The summed E-state index contributed by atoms with van der Waals surface area (Å²) in [4.78, 5) is 9.36. The second-order valence-electron chi connectivity index (χ2n) is 3.12. The molecule has 0 aliphatic heterocycles. The summed E-state index contributed by atoms with van der Waals surface area (Å²) in [5.41, 5.74) is 0. The second-order valence-corrected chi connectivity index (χ2v) is 3.12. The highest BCUT2D eigenvalue weighted by atomic mass is 16.5. The van der Waals surface area contributed by atoms with Gasteiger partial charge in [0.15, 0.2) is 0 Å². The molecule has 5 heteroatoms. The van der Waals surface area contributed by atoms with Crippen molar-refractivity contribution >= 4 is 5.97 Å². The van der Waals surface area contributed by atoms with Crippen molar-refractivity contribution in [1.82, 2.24) is 4.57 Å². The minimum Gasteiger partial charge on any atom is -0.548 e. The van der Waals surface area contributed by atoms with Gasteiger partial charge in [0.25, 0.3) is 0 Å². The molecule has 0 amide bonds. The van der Waals surface area contributed by atoms with Crippen molar-refractivity contribution < 1.29 is 19.2 Å². The van der Waals surface area contributed by atoms with Crippen LogP contribution in [0.25, 0.3) is 0 Å². The monoisotopic (exact) mass is 214 g/mol. The van der Waals surface area contributed by atoms with E-state index in [1.54, 1.807) is 0 Å². The van der Waals surface area contributed by atoms with Crippen LogP contribution in [0.2, 0.25) is 0 Å². The van der Waals surface area contributed by atoms with Gasteiger partial charge in [-0.2, -0.15) is 0 Å². The first-order chi connectivity index (χ1) is 7.10. The minimum atomic E-state index is -1.18. The average Bonchev–Trinajstić information content (AvgIpc) is 2.53. The molecular formula is C10H18N2O3. The Hall–Kier alpha value is -1.36. The molecule has 1 heterocycles. The molecule has 86 valence electrons. The Balaban J connectivity index is 0.000000288. The molecule has 0 unspecified atom stereocenters. The third-order valence-corrected chi connectivity index (χ3v) is 1.57. The summed E-state index contributed by atoms with van der Waals surface area (Å²) in [5.74, 6) is -1.18. The lowest BCUT2D eigenvalue weighted by Crippen LogP contribution is -2.26. The first-order valence-corrected chi connectivity index (χ1v) is 4.80. The molecule has 1 aromatic rings. The summed E-state index contributed by atoms with van der Waals surface area (Å²) in [5, 5.41) is 9.36. The number of carboxylic acid groups (broad SMARTS) is 1. The maximum absolute atomic E-state index is 9.36. The highest BCUT2D eigenvalue weighted by Gasteiger charge is 1.94. The number of ether oxygens (including phenoxy) is 1. The maximum atomic E-state index is 9.36. The quantitative estimate of drug-likeness (QED) is 0.611. The Morgan fingerprint density at radius 2 is 2.27 bits per heavy atom. The molecular weight excluding hydrogens is 196 g/mol. The van der Waals surface area contributed by atoms with E-state index in [-0.39, 0.29) is 6.61 Å². The molecule has 15 heavy (non-hydrogen) atoms. The number of imidazole rings is 1. The Morgan fingerprint density at radius 1 is 1.60 bits per heavy atom. The first-order valence-electron chi connectivity index (χ1n) is 4.80. The summed E-state index contributed by atoms with van der Waals surface area (Å²) in [6.07, 6.45) is 7.43. The zero-order chi connectivity index (χ0) is 11.7. The molecule has 1 rings (SSSR count). The fourth-order valence-electron chi connectivity index (χ4n) is 1.01. The molecule has 0 saturated heterocycles. The van der Waals surface area contributed by atoms with Crippen LogP contribution in [0.1, 0.15) is 13.3 Å². The van der Waals surface area contributed by atoms with Crippen molar-refractivity contribution in [2.24, 2.45) is 7.05 Å². The largest absolute Gasteiger partial charge is 0.548 e. The van der Waals surface area contributed by atoms with E-state index < -0.39 is 5.97 Å². The van der Waals surface area contributed by atoms with Crippen LogP contribution in [0.3, 0.4) is 0 Å². The third-order valence-electron chi connectivity index (χ3n) is 1.57. The average molecular weight is 214 g/mol. The molecule has 0 saturated carbocycles. The van der Waals surface area contributed by atoms with E-state index in [1.165, 1.54) is 13.5 Å². The van der Waals surface area contributed by atoms with Crippen LogP contribution in [0, 0.1) is 0 Å². The van der Waals surface area contributed by atoms with Crippen LogP contribution >= 0.6 is 0 Å². The van der Waals surface area contributed by atoms with Crippen LogP contribution in [0.4, 0.5) is 0 Å². The predicted molar refractivity (Wildman–Crippen MR) is 52.8 cm³/mol. The van der Waals surface area contributed by atoms with E-state index in [1.807, 2.05) is 7.05 Å². The number of aliphatic carboxylic acids is 1. The predicted octanol–water partition coefficient (Wildman–Crippen LogP) is -0.895. The summed E-state index contributed by atoms with van der Waals surface area (Å²) in [6, 6.07) is 0. The lowest BCUT2D eigenvalue weighted by Gasteiger charge is -1.94. The summed E-state index contributed by atoms with van der Waals surface area (Å²) in [6.45, 7) is 2.99. The zero-order valence-corrected chi connectivity index (χ0v) is 9.47. The highest BCUT2D eigenvalue weighted by molar-refractivity contribution is 5.65. The van der Waals surface area contributed by atoms with Crippen molar-refractivity contribution in [3.05, 3.63) is 18.7 Å². The van der Waals surface area contributed by atoms with Crippen LogP contribution in [-0.4, -0.2) is 24.3 Å². The third kappa shape index (κ3) is 7.69. The standard InChI is InChI=1S/C7H13N2.C3H6O3/c1-3-4-9-6-5-8(2)7-9;1-6-2-3(4)5/h5-7H,3-4H2,1-2H3;2H2,1H3,(H,4,5)/q+1;/p-1. The number of nitrogens with zero attached hydrogens (tertiary/aromatic N) is 2. The van der Waals surface area contributed by atoms with Crippen molar-refractivity contribution in [2.75, 3.05) is 13.7 Å². The van der Waals surface area contributed by atoms with Crippen molar-refractivity contribution in [1.29, 1.82) is 0 Å². The lowest BCUT2D eigenvalue weighted by molar-refractivity contribution is -0.671. The summed E-state index contributed by atoms with van der Waals surface area (Å²) in [7, 11) is 3.34. The molecule has 0 aliphatic carbocycles. The van der Waals surface area contributed by atoms with Gasteiger partial charge in [-0.05, 0) is 6.42 Å². The van der Waals surface area contributed by atoms with Crippen LogP contribution in [0.15, 0.2) is 18.7 Å². The molecule has 0 fully saturated rings. The number of methoxy groups -OCH3 is 1. The smallest absolute Gasteiger partial charge is 0.243 e. The number of hydrogen-bond donors (Lipinski definition) is 0. The molecule has 0 aliphatic rings. The molecule has 0 atom stereocenters. The van der Waals surface area contributed by atoms with Gasteiger partial charge in [-0.25, -0.2) is 9.13 Å². The molecule has 5 nitrogen and oxygen atoms in total. The molecule has 0 spiro atoms. The normalized spacial score (nSPS) is 9.27.